The highest BCUT2D eigenvalue weighted by Gasteiger charge is 2.03. The van der Waals surface area contributed by atoms with Crippen LogP contribution in [0.2, 0.25) is 0 Å². The van der Waals surface area contributed by atoms with E-state index in [9.17, 15) is 5.11 Å². The van der Waals surface area contributed by atoms with Crippen molar-refractivity contribution in [1.82, 2.24) is 5.32 Å². The number of para-hydroxylation sites is 2. The molecule has 0 heterocycles. The maximum absolute atomic E-state index is 9.70. The van der Waals surface area contributed by atoms with Gasteiger partial charge in [0.2, 0.25) is 0 Å². The molecule has 0 amide bonds. The molecule has 0 radical (unpaired) electrons. The Kier molecular flexibility index (Phi) is 5.21. The number of rotatable bonds is 7. The first-order valence-electron chi connectivity index (χ1n) is 6.60. The highest BCUT2D eigenvalue weighted by molar-refractivity contribution is 5.34. The largest absolute Gasteiger partial charge is 0.508 e. The number of benzene rings is 2. The molecule has 0 aliphatic heterocycles. The summed E-state index contributed by atoms with van der Waals surface area (Å²) < 4.78 is 5.61. The van der Waals surface area contributed by atoms with Crippen LogP contribution in [-0.2, 0) is 13.1 Å². The topological polar surface area (TPSA) is 41.5 Å². The van der Waals surface area contributed by atoms with Crippen LogP contribution < -0.4 is 10.1 Å². The minimum Gasteiger partial charge on any atom is -0.508 e. The molecule has 2 N–H and O–H groups in total. The normalized spacial score (nSPS) is 10.2. The van der Waals surface area contributed by atoms with Crippen molar-refractivity contribution in [1.29, 1.82) is 0 Å². The third-order valence-corrected chi connectivity index (χ3v) is 2.95. The van der Waals surface area contributed by atoms with Gasteiger partial charge in [0, 0.05) is 24.2 Å². The molecule has 0 fully saturated rings. The molecule has 2 rings (SSSR count). The molecule has 0 saturated heterocycles. The lowest BCUT2D eigenvalue weighted by molar-refractivity contribution is 0.357. The van der Waals surface area contributed by atoms with Crippen molar-refractivity contribution < 1.29 is 9.84 Å². The lowest BCUT2D eigenvalue weighted by Crippen LogP contribution is -2.13. The zero-order valence-electron chi connectivity index (χ0n) is 11.4. The van der Waals surface area contributed by atoms with E-state index in [2.05, 4.69) is 11.9 Å². The molecule has 3 nitrogen and oxygen atoms in total. The highest BCUT2D eigenvalue weighted by Crippen LogP contribution is 2.19. The van der Waals surface area contributed by atoms with E-state index in [0.717, 1.165) is 16.9 Å². The Balaban J connectivity index is 1.94. The smallest absolute Gasteiger partial charge is 0.124 e. The molecule has 0 atom stereocenters. The molecule has 0 unspecified atom stereocenters. The van der Waals surface area contributed by atoms with Gasteiger partial charge in [-0.15, -0.1) is 0 Å². The lowest BCUT2D eigenvalue weighted by atomic mass is 10.1. The number of phenols is 1. The predicted molar refractivity (Wildman–Crippen MR) is 80.8 cm³/mol. The molecule has 3 heteroatoms. The maximum atomic E-state index is 9.70. The minimum atomic E-state index is 0.316. The van der Waals surface area contributed by atoms with Gasteiger partial charge in [-0.3, -0.25) is 0 Å². The van der Waals surface area contributed by atoms with E-state index >= 15 is 0 Å². The third kappa shape index (κ3) is 3.87. The zero-order valence-corrected chi connectivity index (χ0v) is 11.4. The Morgan fingerprint density at radius 3 is 2.40 bits per heavy atom. The van der Waals surface area contributed by atoms with Crippen molar-refractivity contribution >= 4 is 0 Å². The Morgan fingerprint density at radius 1 is 1.00 bits per heavy atom. The van der Waals surface area contributed by atoms with Gasteiger partial charge in [0.1, 0.15) is 18.1 Å². The number of aromatic hydroxyl groups is 1. The molecule has 0 saturated carbocycles. The summed E-state index contributed by atoms with van der Waals surface area (Å²) in [6.45, 7) is 5.44. The van der Waals surface area contributed by atoms with Crippen LogP contribution in [0.3, 0.4) is 0 Å². The van der Waals surface area contributed by atoms with Crippen molar-refractivity contribution in [3.05, 3.63) is 72.3 Å². The van der Waals surface area contributed by atoms with Crippen LogP contribution >= 0.6 is 0 Å². The molecule has 0 aliphatic rings. The van der Waals surface area contributed by atoms with Gasteiger partial charge in [0.05, 0.1) is 0 Å². The van der Waals surface area contributed by atoms with Gasteiger partial charge in [-0.1, -0.05) is 49.1 Å². The summed E-state index contributed by atoms with van der Waals surface area (Å²) in [6, 6.07) is 15.2. The van der Waals surface area contributed by atoms with Gasteiger partial charge in [-0.25, -0.2) is 0 Å². The molecular formula is C17H19NO2. The zero-order chi connectivity index (χ0) is 14.2. The van der Waals surface area contributed by atoms with Gasteiger partial charge >= 0.3 is 0 Å². The molecule has 0 spiro atoms. The molecule has 20 heavy (non-hydrogen) atoms. The molecule has 0 bridgehead atoms. The Bertz CT molecular complexity index is 566. The van der Waals surface area contributed by atoms with Gasteiger partial charge in [0.25, 0.3) is 0 Å². The first-order valence-corrected chi connectivity index (χ1v) is 6.60. The molecule has 0 aromatic heterocycles. The number of phenolic OH excluding ortho intramolecular Hbond substituents is 1. The summed E-state index contributed by atoms with van der Waals surface area (Å²) in [5, 5.41) is 13.0. The summed E-state index contributed by atoms with van der Waals surface area (Å²) in [5.41, 5.74) is 1.97. The molecule has 2 aromatic carbocycles. The van der Waals surface area contributed by atoms with Crippen molar-refractivity contribution in [2.45, 2.75) is 13.1 Å². The van der Waals surface area contributed by atoms with Crippen molar-refractivity contribution in [2.24, 2.45) is 0 Å². The fourth-order valence-corrected chi connectivity index (χ4v) is 1.93. The van der Waals surface area contributed by atoms with E-state index < -0.39 is 0 Å². The fraction of sp³-hybridized carbons (Fsp3) is 0.176. The Labute approximate surface area is 119 Å². The number of hydrogen-bond donors (Lipinski definition) is 2. The fourth-order valence-electron chi connectivity index (χ4n) is 1.93. The predicted octanol–water partition coefficient (Wildman–Crippen LogP) is 3.25. The van der Waals surface area contributed by atoms with Crippen LogP contribution in [-0.4, -0.2) is 11.7 Å². The van der Waals surface area contributed by atoms with Crippen LogP contribution in [0.25, 0.3) is 0 Å². The summed E-state index contributed by atoms with van der Waals surface area (Å²) in [6.07, 6.45) is 1.73. The van der Waals surface area contributed by atoms with Crippen molar-refractivity contribution in [3.8, 4) is 11.5 Å². The van der Waals surface area contributed by atoms with Gasteiger partial charge < -0.3 is 15.2 Å². The molecule has 0 aliphatic carbocycles. The van der Waals surface area contributed by atoms with E-state index in [1.807, 2.05) is 42.5 Å². The van der Waals surface area contributed by atoms with Crippen LogP contribution in [0.4, 0.5) is 0 Å². The van der Waals surface area contributed by atoms with Gasteiger partial charge in [0.15, 0.2) is 0 Å². The van der Waals surface area contributed by atoms with Crippen LogP contribution in [0.1, 0.15) is 11.1 Å². The molecule has 2 aromatic rings. The summed E-state index contributed by atoms with van der Waals surface area (Å²) in [5.74, 6) is 1.17. The minimum absolute atomic E-state index is 0.316. The Hall–Kier alpha value is -2.26. The monoisotopic (exact) mass is 269 g/mol. The molecular weight excluding hydrogens is 250 g/mol. The number of ether oxygens (including phenoxy) is 1. The first-order chi connectivity index (χ1) is 9.81. The van der Waals surface area contributed by atoms with Crippen LogP contribution in [0, 0.1) is 0 Å². The van der Waals surface area contributed by atoms with Crippen LogP contribution in [0.5, 0.6) is 11.5 Å². The molecule has 104 valence electrons. The van der Waals surface area contributed by atoms with Gasteiger partial charge in [-0.05, 0) is 12.1 Å². The van der Waals surface area contributed by atoms with Crippen molar-refractivity contribution in [3.63, 3.8) is 0 Å². The van der Waals surface area contributed by atoms with E-state index in [1.54, 1.807) is 12.1 Å². The second-order valence-corrected chi connectivity index (χ2v) is 4.44. The highest BCUT2D eigenvalue weighted by atomic mass is 16.5. The summed E-state index contributed by atoms with van der Waals surface area (Å²) in [4.78, 5) is 0. The van der Waals surface area contributed by atoms with Gasteiger partial charge in [-0.2, -0.15) is 0 Å². The summed E-state index contributed by atoms with van der Waals surface area (Å²) >= 11 is 0. The second kappa shape index (κ2) is 7.36. The number of hydrogen-bond acceptors (Lipinski definition) is 3. The maximum Gasteiger partial charge on any atom is 0.124 e. The average molecular weight is 269 g/mol. The lowest BCUT2D eigenvalue weighted by Gasteiger charge is -2.11. The Morgan fingerprint density at radius 2 is 1.65 bits per heavy atom. The van der Waals surface area contributed by atoms with Crippen LogP contribution in [0.15, 0.2) is 61.2 Å². The quantitative estimate of drug-likeness (QED) is 0.758. The number of nitrogens with one attached hydrogen (secondary N) is 1. The average Bonchev–Trinajstić information content (AvgIpc) is 2.48. The van der Waals surface area contributed by atoms with E-state index in [4.69, 9.17) is 4.74 Å². The second-order valence-electron chi connectivity index (χ2n) is 4.44. The summed E-state index contributed by atoms with van der Waals surface area (Å²) in [7, 11) is 0. The first kappa shape index (κ1) is 14.2. The van der Waals surface area contributed by atoms with Crippen molar-refractivity contribution in [2.75, 3.05) is 6.61 Å². The standard InChI is InChI=1S/C17H19NO2/c1-2-11-20-17-10-6-4-8-15(17)13-18-12-14-7-3-5-9-16(14)19/h2-10,18-19H,1,11-13H2. The van der Waals surface area contributed by atoms with E-state index in [0.29, 0.717) is 25.4 Å². The SMILES string of the molecule is C=CCOc1ccccc1CNCc1ccccc1O. The van der Waals surface area contributed by atoms with E-state index in [-0.39, 0.29) is 0 Å². The third-order valence-electron chi connectivity index (χ3n) is 2.95. The van der Waals surface area contributed by atoms with E-state index in [1.165, 1.54) is 0 Å².